The molecule has 0 aliphatic heterocycles. The fourth-order valence-electron chi connectivity index (χ4n) is 1.19. The number of carbonyl (C=O) groups is 1. The van der Waals surface area contributed by atoms with Crippen molar-refractivity contribution in [3.8, 4) is 0 Å². The molecule has 0 heterocycles. The van der Waals surface area contributed by atoms with E-state index >= 15 is 0 Å². The number of ether oxygens (including phenoxy) is 1. The molecule has 0 unspecified atom stereocenters. The highest BCUT2D eigenvalue weighted by Crippen LogP contribution is 2.28. The summed E-state index contributed by atoms with van der Waals surface area (Å²) in [6, 6.07) is 1.89. The van der Waals surface area contributed by atoms with Gasteiger partial charge >= 0.3 is 5.97 Å². The van der Waals surface area contributed by atoms with Gasteiger partial charge in [0.2, 0.25) is 0 Å². The molecular weight excluding hydrogens is 333 g/mol. The van der Waals surface area contributed by atoms with Gasteiger partial charge in [-0.05, 0) is 12.1 Å². The van der Waals surface area contributed by atoms with Crippen LogP contribution in [0.15, 0.2) is 17.0 Å². The lowest BCUT2D eigenvalue weighted by Crippen LogP contribution is -2.26. The average molecular weight is 344 g/mol. The second-order valence-electron chi connectivity index (χ2n) is 3.50. The molecular formula is C10H11Cl2NO6S. The largest absolute Gasteiger partial charge is 0.478 e. The molecule has 0 saturated carbocycles. The number of benzene rings is 1. The van der Waals surface area contributed by atoms with Crippen LogP contribution in [0.3, 0.4) is 0 Å². The zero-order valence-electron chi connectivity index (χ0n) is 10.2. The van der Waals surface area contributed by atoms with Crippen LogP contribution in [-0.4, -0.2) is 39.8 Å². The zero-order valence-corrected chi connectivity index (χ0v) is 12.5. The standard InChI is InChI=1S/C10H11Cl2NO6S/c1-18-2-3-19-13-20(16,17)9-4-6(10(14)15)7(11)5-8(9)12/h4-5,13H,2-3H2,1H3,(H,14,15). The van der Waals surface area contributed by atoms with Crippen LogP contribution < -0.4 is 4.89 Å². The quantitative estimate of drug-likeness (QED) is 0.575. The van der Waals surface area contributed by atoms with Crippen LogP contribution in [0.1, 0.15) is 10.4 Å². The molecule has 20 heavy (non-hydrogen) atoms. The Kier molecular flexibility index (Phi) is 6.18. The molecule has 0 aliphatic carbocycles. The minimum Gasteiger partial charge on any atom is -0.478 e. The van der Waals surface area contributed by atoms with Crippen LogP contribution in [0.25, 0.3) is 0 Å². The van der Waals surface area contributed by atoms with E-state index in [9.17, 15) is 13.2 Å². The summed E-state index contributed by atoms with van der Waals surface area (Å²) < 4.78 is 28.5. The highest BCUT2D eigenvalue weighted by molar-refractivity contribution is 7.89. The number of aromatic carboxylic acids is 1. The number of sulfonamides is 1. The van der Waals surface area contributed by atoms with Gasteiger partial charge in [-0.25, -0.2) is 13.2 Å². The number of nitrogens with one attached hydrogen (secondary N) is 1. The smallest absolute Gasteiger partial charge is 0.337 e. The Labute approximate surface area is 125 Å². The molecule has 2 N–H and O–H groups in total. The summed E-state index contributed by atoms with van der Waals surface area (Å²) in [7, 11) is -2.70. The van der Waals surface area contributed by atoms with Gasteiger partial charge in [-0.3, -0.25) is 4.84 Å². The van der Waals surface area contributed by atoms with Crippen molar-refractivity contribution in [2.75, 3.05) is 20.3 Å². The van der Waals surface area contributed by atoms with Crippen molar-refractivity contribution in [2.45, 2.75) is 4.90 Å². The molecule has 7 nitrogen and oxygen atoms in total. The van der Waals surface area contributed by atoms with Crippen LogP contribution in [0, 0.1) is 0 Å². The van der Waals surface area contributed by atoms with E-state index in [1.165, 1.54) is 7.11 Å². The van der Waals surface area contributed by atoms with Gasteiger partial charge in [0.05, 0.1) is 28.8 Å². The van der Waals surface area contributed by atoms with Gasteiger partial charge in [0.25, 0.3) is 10.0 Å². The van der Waals surface area contributed by atoms with E-state index < -0.39 is 20.9 Å². The van der Waals surface area contributed by atoms with Crippen molar-refractivity contribution in [1.82, 2.24) is 4.89 Å². The van der Waals surface area contributed by atoms with E-state index in [4.69, 9.17) is 28.3 Å². The number of hydrogen-bond donors (Lipinski definition) is 2. The summed E-state index contributed by atoms with van der Waals surface area (Å²) in [5.41, 5.74) is -0.381. The molecule has 0 amide bonds. The van der Waals surface area contributed by atoms with E-state index in [1.54, 1.807) is 0 Å². The first kappa shape index (κ1) is 17.2. The molecule has 10 heteroatoms. The second-order valence-corrected chi connectivity index (χ2v) is 5.92. The number of methoxy groups -OCH3 is 1. The fraction of sp³-hybridized carbons (Fsp3) is 0.300. The third-order valence-electron chi connectivity index (χ3n) is 2.10. The molecule has 0 atom stereocenters. The molecule has 0 bridgehead atoms. The van der Waals surface area contributed by atoms with Gasteiger partial charge in [0, 0.05) is 7.11 Å². The third kappa shape index (κ3) is 4.30. The van der Waals surface area contributed by atoms with E-state index in [1.807, 2.05) is 4.89 Å². The second kappa shape index (κ2) is 7.21. The maximum atomic E-state index is 11.9. The SMILES string of the molecule is COCCONS(=O)(=O)c1cc(C(=O)O)c(Cl)cc1Cl. The maximum absolute atomic E-state index is 11.9. The van der Waals surface area contributed by atoms with Crippen molar-refractivity contribution in [2.24, 2.45) is 0 Å². The zero-order chi connectivity index (χ0) is 15.3. The Morgan fingerprint density at radius 3 is 2.50 bits per heavy atom. The normalized spacial score (nSPS) is 11.6. The van der Waals surface area contributed by atoms with Crippen LogP contribution in [0.2, 0.25) is 10.0 Å². The molecule has 0 saturated heterocycles. The number of halogens is 2. The van der Waals surface area contributed by atoms with E-state index in [-0.39, 0.29) is 28.8 Å². The van der Waals surface area contributed by atoms with Gasteiger partial charge < -0.3 is 9.84 Å². The summed E-state index contributed by atoms with van der Waals surface area (Å²) >= 11 is 11.4. The van der Waals surface area contributed by atoms with Crippen molar-refractivity contribution in [3.63, 3.8) is 0 Å². The van der Waals surface area contributed by atoms with Crippen molar-refractivity contribution < 1.29 is 27.9 Å². The lowest BCUT2D eigenvalue weighted by Gasteiger charge is -2.10. The molecule has 1 rings (SSSR count). The first-order valence-corrected chi connectivity index (χ1v) is 7.38. The summed E-state index contributed by atoms with van der Waals surface area (Å²) in [6.07, 6.45) is 0. The number of rotatable bonds is 7. The predicted octanol–water partition coefficient (Wildman–Crippen LogP) is 1.55. The number of carboxylic acids is 1. The summed E-state index contributed by atoms with van der Waals surface area (Å²) in [5.74, 6) is -1.37. The lowest BCUT2D eigenvalue weighted by molar-refractivity contribution is 0.0438. The Bertz CT molecular complexity index is 604. The van der Waals surface area contributed by atoms with Crippen LogP contribution in [-0.2, 0) is 19.6 Å². The maximum Gasteiger partial charge on any atom is 0.337 e. The van der Waals surface area contributed by atoms with Crippen molar-refractivity contribution in [3.05, 3.63) is 27.7 Å². The van der Waals surface area contributed by atoms with E-state index in [2.05, 4.69) is 9.57 Å². The number of carboxylic acid groups (broad SMARTS) is 1. The average Bonchev–Trinajstić information content (AvgIpc) is 2.33. The molecule has 1 aromatic rings. The van der Waals surface area contributed by atoms with Gasteiger partial charge in [-0.15, -0.1) is 0 Å². The monoisotopic (exact) mass is 343 g/mol. The lowest BCUT2D eigenvalue weighted by atomic mass is 10.2. The molecule has 0 radical (unpaired) electrons. The Morgan fingerprint density at radius 2 is 1.95 bits per heavy atom. The molecule has 112 valence electrons. The van der Waals surface area contributed by atoms with E-state index in [0.29, 0.717) is 0 Å². The van der Waals surface area contributed by atoms with Gasteiger partial charge in [0.1, 0.15) is 4.90 Å². The Hall–Kier alpha value is -0.900. The van der Waals surface area contributed by atoms with Gasteiger partial charge in [-0.2, -0.15) is 0 Å². The third-order valence-corrected chi connectivity index (χ3v) is 4.09. The minimum absolute atomic E-state index is 0.0211. The molecule has 0 aliphatic rings. The Morgan fingerprint density at radius 1 is 1.30 bits per heavy atom. The molecule has 1 aromatic carbocycles. The summed E-state index contributed by atoms with van der Waals surface area (Å²) in [4.78, 5) is 17.0. The van der Waals surface area contributed by atoms with Crippen molar-refractivity contribution >= 4 is 39.2 Å². The van der Waals surface area contributed by atoms with Crippen molar-refractivity contribution in [1.29, 1.82) is 0 Å². The highest BCUT2D eigenvalue weighted by Gasteiger charge is 2.22. The highest BCUT2D eigenvalue weighted by atomic mass is 35.5. The Balaban J connectivity index is 3.05. The fourth-order valence-corrected chi connectivity index (χ4v) is 2.87. The molecule has 0 fully saturated rings. The van der Waals surface area contributed by atoms with Crippen LogP contribution in [0.5, 0.6) is 0 Å². The predicted molar refractivity (Wildman–Crippen MR) is 71.6 cm³/mol. The first-order valence-electron chi connectivity index (χ1n) is 5.14. The van der Waals surface area contributed by atoms with Crippen LogP contribution in [0.4, 0.5) is 0 Å². The molecule has 0 spiro atoms. The number of hydrogen-bond acceptors (Lipinski definition) is 5. The van der Waals surface area contributed by atoms with Gasteiger partial charge in [0.15, 0.2) is 0 Å². The summed E-state index contributed by atoms with van der Waals surface area (Å²) in [6.45, 7) is 0.157. The first-order chi connectivity index (χ1) is 9.29. The van der Waals surface area contributed by atoms with E-state index in [0.717, 1.165) is 12.1 Å². The van der Waals surface area contributed by atoms with Crippen LogP contribution >= 0.6 is 23.2 Å². The minimum atomic E-state index is -4.13. The topological polar surface area (TPSA) is 102 Å². The van der Waals surface area contributed by atoms with Gasteiger partial charge in [-0.1, -0.05) is 28.1 Å². The summed E-state index contributed by atoms with van der Waals surface area (Å²) in [5, 5.41) is 8.52. The molecule has 0 aromatic heterocycles.